The van der Waals surface area contributed by atoms with E-state index in [1.54, 1.807) is 24.5 Å². The Hall–Kier alpha value is -3.84. The highest BCUT2D eigenvalue weighted by atomic mass is 19.2. The number of carbonyl (C=O) groups is 1. The van der Waals surface area contributed by atoms with Gasteiger partial charge in [-0.05, 0) is 30.2 Å². The molecule has 1 aliphatic heterocycles. The molecule has 3 heterocycles. The van der Waals surface area contributed by atoms with E-state index in [1.165, 1.54) is 12.3 Å². The van der Waals surface area contributed by atoms with Crippen molar-refractivity contribution >= 4 is 27.8 Å². The Kier molecular flexibility index (Phi) is 5.33. The van der Waals surface area contributed by atoms with Crippen molar-refractivity contribution < 1.29 is 27.8 Å². The molecule has 0 saturated carbocycles. The first kappa shape index (κ1) is 22.9. The number of rotatable bonds is 5. The van der Waals surface area contributed by atoms with Crippen molar-refractivity contribution in [3.8, 4) is 11.8 Å². The molecule has 1 aliphatic rings. The molecular weight excluding hydrogens is 461 g/mol. The van der Waals surface area contributed by atoms with E-state index < -0.39 is 40.9 Å². The van der Waals surface area contributed by atoms with Gasteiger partial charge in [0.1, 0.15) is 5.52 Å². The number of nitrogens with zero attached hydrogens (tertiary/aromatic N) is 3. The number of fused-ring (bicyclic) bond motifs is 2. The minimum absolute atomic E-state index is 0.0317. The highest BCUT2D eigenvalue weighted by Gasteiger charge is 2.40. The van der Waals surface area contributed by atoms with Gasteiger partial charge in [-0.1, -0.05) is 13.8 Å². The van der Waals surface area contributed by atoms with Crippen LogP contribution in [0.15, 0.2) is 30.5 Å². The summed E-state index contributed by atoms with van der Waals surface area (Å²) in [7, 11) is 0. The summed E-state index contributed by atoms with van der Waals surface area (Å²) in [5.74, 6) is -4.33. The van der Waals surface area contributed by atoms with Crippen LogP contribution in [0.4, 0.5) is 13.2 Å². The van der Waals surface area contributed by atoms with Gasteiger partial charge in [0.25, 0.3) is 0 Å². The first-order valence-corrected chi connectivity index (χ1v) is 11.0. The van der Waals surface area contributed by atoms with Gasteiger partial charge in [-0.3, -0.25) is 5.10 Å². The molecule has 1 saturated heterocycles. The van der Waals surface area contributed by atoms with E-state index in [2.05, 4.69) is 16.3 Å². The van der Waals surface area contributed by atoms with E-state index >= 15 is 4.39 Å². The van der Waals surface area contributed by atoms with Gasteiger partial charge in [-0.25, -0.2) is 18.0 Å². The molecule has 4 aromatic rings. The summed E-state index contributed by atoms with van der Waals surface area (Å²) >= 11 is 0. The molecule has 5 rings (SSSR count). The second kappa shape index (κ2) is 8.13. The fourth-order valence-electron chi connectivity index (χ4n) is 5.07. The number of nitriles is 1. The number of ether oxygens (including phenoxy) is 1. The van der Waals surface area contributed by atoms with Crippen LogP contribution in [-0.2, 0) is 14.9 Å². The molecule has 0 spiro atoms. The number of aliphatic carboxylic acids is 1. The number of aromatic nitrogens is 3. The Bertz CT molecular complexity index is 1530. The Morgan fingerprint density at radius 1 is 1.31 bits per heavy atom. The lowest BCUT2D eigenvalue weighted by Gasteiger charge is -2.28. The van der Waals surface area contributed by atoms with Gasteiger partial charge >= 0.3 is 5.97 Å². The molecule has 2 atom stereocenters. The largest absolute Gasteiger partial charge is 0.479 e. The van der Waals surface area contributed by atoms with E-state index in [1.807, 2.05) is 0 Å². The predicted molar refractivity (Wildman–Crippen MR) is 121 cm³/mol. The quantitative estimate of drug-likeness (QED) is 0.413. The summed E-state index contributed by atoms with van der Waals surface area (Å²) in [4.78, 5) is 11.6. The highest BCUT2D eigenvalue weighted by Crippen LogP contribution is 2.47. The van der Waals surface area contributed by atoms with Gasteiger partial charge in [0.15, 0.2) is 23.6 Å². The van der Waals surface area contributed by atoms with Gasteiger partial charge in [0.05, 0.1) is 24.4 Å². The maximum absolute atomic E-state index is 16.1. The first-order chi connectivity index (χ1) is 16.6. The third-order valence-electron chi connectivity index (χ3n) is 6.65. The number of nitrogens with one attached hydrogen (secondary N) is 1. The molecule has 35 heavy (non-hydrogen) atoms. The minimum Gasteiger partial charge on any atom is -0.479 e. The summed E-state index contributed by atoms with van der Waals surface area (Å²) in [5.41, 5.74) is 0.920. The van der Waals surface area contributed by atoms with Crippen LogP contribution < -0.4 is 0 Å². The Morgan fingerprint density at radius 2 is 2.09 bits per heavy atom. The number of carboxylic acids is 1. The Labute approximate surface area is 197 Å². The average Bonchev–Trinajstić information content (AvgIpc) is 3.52. The van der Waals surface area contributed by atoms with Crippen molar-refractivity contribution in [1.29, 1.82) is 5.26 Å². The van der Waals surface area contributed by atoms with Crippen molar-refractivity contribution in [2.24, 2.45) is 0 Å². The minimum atomic E-state index is -1.12. The SMILES string of the molecule is CC(C)(CC#N)c1c([C@@H]2CO[C@@H](C(=O)O)C2)c2c(F)c3[nH]ncc3cc2n1-c1ccc(F)c(F)c1. The molecular formula is C25H21F3N4O3. The van der Waals surface area contributed by atoms with Crippen LogP contribution in [-0.4, -0.2) is 38.6 Å². The summed E-state index contributed by atoms with van der Waals surface area (Å²) in [5, 5.41) is 26.3. The normalized spacial score (nSPS) is 18.4. The number of aromatic amines is 1. The van der Waals surface area contributed by atoms with Crippen LogP contribution >= 0.6 is 0 Å². The van der Waals surface area contributed by atoms with Crippen LogP contribution in [0.3, 0.4) is 0 Å². The maximum atomic E-state index is 16.1. The highest BCUT2D eigenvalue weighted by molar-refractivity contribution is 6.00. The van der Waals surface area contributed by atoms with Crippen molar-refractivity contribution in [1.82, 2.24) is 14.8 Å². The van der Waals surface area contributed by atoms with Gasteiger partial charge in [0, 0.05) is 46.0 Å². The number of benzene rings is 2. The van der Waals surface area contributed by atoms with Crippen molar-refractivity contribution in [2.75, 3.05) is 6.61 Å². The summed E-state index contributed by atoms with van der Waals surface area (Å²) < 4.78 is 51.4. The van der Waals surface area contributed by atoms with Gasteiger partial charge in [-0.15, -0.1) is 0 Å². The topological polar surface area (TPSA) is 104 Å². The molecule has 0 amide bonds. The fourth-order valence-corrected chi connectivity index (χ4v) is 5.07. The second-order valence-corrected chi connectivity index (χ2v) is 9.43. The Balaban J connectivity index is 1.93. The van der Waals surface area contributed by atoms with Crippen LogP contribution in [0.25, 0.3) is 27.5 Å². The van der Waals surface area contributed by atoms with Crippen molar-refractivity contribution in [3.63, 3.8) is 0 Å². The number of halogens is 3. The standard InChI is InChI=1S/C25H21F3N4O3/c1-25(2,5-6-29)23-19(13-8-18(24(33)34)35-11-13)20-17(7-12-10-30-31-22(12)21(20)28)32(23)14-3-4-15(26)16(27)9-14/h3-4,7,9-10,13,18H,5,8,11H2,1-2H3,(H,30,31)(H,33,34)/t13-,18+/m0/s1. The molecule has 2 N–H and O–H groups in total. The third-order valence-corrected chi connectivity index (χ3v) is 6.65. The molecule has 180 valence electrons. The average molecular weight is 482 g/mol. The summed E-state index contributed by atoms with van der Waals surface area (Å²) in [6.07, 6.45) is 0.533. The zero-order valence-electron chi connectivity index (χ0n) is 18.9. The second-order valence-electron chi connectivity index (χ2n) is 9.43. The maximum Gasteiger partial charge on any atom is 0.332 e. The fraction of sp³-hybridized carbons (Fsp3) is 0.320. The lowest BCUT2D eigenvalue weighted by molar-refractivity contribution is -0.147. The number of H-pyrrole nitrogens is 1. The molecule has 0 bridgehead atoms. The first-order valence-electron chi connectivity index (χ1n) is 11.0. The van der Waals surface area contributed by atoms with E-state index in [0.29, 0.717) is 22.2 Å². The summed E-state index contributed by atoms with van der Waals surface area (Å²) in [6.45, 7) is 3.64. The van der Waals surface area contributed by atoms with Gasteiger partial charge in [-0.2, -0.15) is 10.4 Å². The lowest BCUT2D eigenvalue weighted by atomic mass is 9.79. The zero-order valence-corrected chi connectivity index (χ0v) is 18.9. The number of carboxylic acid groups (broad SMARTS) is 1. The lowest BCUT2D eigenvalue weighted by Crippen LogP contribution is -2.24. The summed E-state index contributed by atoms with van der Waals surface area (Å²) in [6, 6.07) is 7.24. The molecule has 0 aliphatic carbocycles. The van der Waals surface area contributed by atoms with Crippen LogP contribution in [0.5, 0.6) is 0 Å². The predicted octanol–water partition coefficient (Wildman–Crippen LogP) is 5.07. The molecule has 7 nitrogen and oxygen atoms in total. The van der Waals surface area contributed by atoms with E-state index in [-0.39, 0.29) is 36.0 Å². The van der Waals surface area contributed by atoms with Crippen LogP contribution in [0.1, 0.15) is 43.9 Å². The third kappa shape index (κ3) is 3.54. The number of hydrogen-bond acceptors (Lipinski definition) is 4. The monoisotopic (exact) mass is 482 g/mol. The molecule has 10 heteroatoms. The van der Waals surface area contributed by atoms with Crippen molar-refractivity contribution in [2.45, 2.75) is 44.1 Å². The van der Waals surface area contributed by atoms with Gasteiger partial charge < -0.3 is 14.4 Å². The van der Waals surface area contributed by atoms with E-state index in [4.69, 9.17) is 4.74 Å². The Morgan fingerprint density at radius 3 is 2.74 bits per heavy atom. The molecule has 2 aromatic heterocycles. The van der Waals surface area contributed by atoms with Gasteiger partial charge in [0.2, 0.25) is 0 Å². The van der Waals surface area contributed by atoms with E-state index in [9.17, 15) is 23.9 Å². The van der Waals surface area contributed by atoms with Crippen LogP contribution in [0, 0.1) is 28.8 Å². The molecule has 0 unspecified atom stereocenters. The molecule has 0 radical (unpaired) electrons. The van der Waals surface area contributed by atoms with Crippen molar-refractivity contribution in [3.05, 3.63) is 59.2 Å². The van der Waals surface area contributed by atoms with E-state index in [0.717, 1.165) is 12.1 Å². The number of hydrogen-bond donors (Lipinski definition) is 2. The molecule has 1 fully saturated rings. The zero-order chi connectivity index (χ0) is 25.1. The smallest absolute Gasteiger partial charge is 0.332 e. The molecule has 2 aromatic carbocycles. The van der Waals surface area contributed by atoms with Crippen LogP contribution in [0.2, 0.25) is 0 Å².